The largest absolute Gasteiger partial charge is 0.480 e. The molecule has 0 aromatic rings. The van der Waals surface area contributed by atoms with E-state index in [4.69, 9.17) is 5.11 Å². The van der Waals surface area contributed by atoms with Gasteiger partial charge in [0.05, 0.1) is 5.25 Å². The minimum Gasteiger partial charge on any atom is -0.480 e. The van der Waals surface area contributed by atoms with Gasteiger partial charge in [-0.25, -0.2) is 13.1 Å². The Labute approximate surface area is 103 Å². The Hall–Kier alpha value is -0.620. The molecule has 0 amide bonds. The summed E-state index contributed by atoms with van der Waals surface area (Å²) in [4.78, 5) is 11.0. The number of carboxylic acids is 1. The minimum absolute atomic E-state index is 0.359. The molecule has 0 aromatic heterocycles. The maximum Gasteiger partial charge on any atom is 0.321 e. The standard InChI is InChI=1S/C11H21NO4S/c1-2-3-8-10(11(13)14)12-17(15,16)9-6-4-5-7-9/h9-10,12H,2-8H2,1H3,(H,13,14)/t10-/m0/s1. The van der Waals surface area contributed by atoms with Gasteiger partial charge in [-0.2, -0.15) is 0 Å². The highest BCUT2D eigenvalue weighted by Gasteiger charge is 2.32. The molecule has 0 unspecified atom stereocenters. The van der Waals surface area contributed by atoms with Crippen LogP contribution in [0.3, 0.4) is 0 Å². The molecule has 0 aliphatic heterocycles. The Morgan fingerprint density at radius 2 is 2.00 bits per heavy atom. The van der Waals surface area contributed by atoms with Crippen molar-refractivity contribution in [3.63, 3.8) is 0 Å². The highest BCUT2D eigenvalue weighted by molar-refractivity contribution is 7.90. The summed E-state index contributed by atoms with van der Waals surface area (Å²) in [6.45, 7) is 1.95. The number of sulfonamides is 1. The lowest BCUT2D eigenvalue weighted by Crippen LogP contribution is -2.44. The quantitative estimate of drug-likeness (QED) is 0.729. The van der Waals surface area contributed by atoms with Crippen molar-refractivity contribution < 1.29 is 18.3 Å². The van der Waals surface area contributed by atoms with Gasteiger partial charge >= 0.3 is 5.97 Å². The maximum absolute atomic E-state index is 11.9. The van der Waals surface area contributed by atoms with E-state index in [1.165, 1.54) is 0 Å². The molecule has 5 nitrogen and oxygen atoms in total. The average molecular weight is 263 g/mol. The molecule has 1 rings (SSSR count). The predicted molar refractivity (Wildman–Crippen MR) is 65.3 cm³/mol. The van der Waals surface area contributed by atoms with Crippen LogP contribution in [0.1, 0.15) is 51.9 Å². The van der Waals surface area contributed by atoms with Crippen molar-refractivity contribution in [2.75, 3.05) is 0 Å². The molecule has 0 heterocycles. The molecule has 0 aromatic carbocycles. The van der Waals surface area contributed by atoms with Crippen LogP contribution in [0.15, 0.2) is 0 Å². The lowest BCUT2D eigenvalue weighted by molar-refractivity contribution is -0.139. The second-order valence-electron chi connectivity index (χ2n) is 4.60. The fourth-order valence-corrected chi connectivity index (χ4v) is 3.90. The molecule has 1 atom stereocenters. The molecule has 17 heavy (non-hydrogen) atoms. The number of carboxylic acid groups (broad SMARTS) is 1. The summed E-state index contributed by atoms with van der Waals surface area (Å²) in [5, 5.41) is 8.58. The number of rotatable bonds is 7. The van der Waals surface area contributed by atoms with Crippen molar-refractivity contribution in [2.45, 2.75) is 63.2 Å². The maximum atomic E-state index is 11.9. The highest BCUT2D eigenvalue weighted by Crippen LogP contribution is 2.24. The summed E-state index contributed by atoms with van der Waals surface area (Å²) in [5.41, 5.74) is 0. The third-order valence-electron chi connectivity index (χ3n) is 3.19. The van der Waals surface area contributed by atoms with Crippen molar-refractivity contribution in [1.82, 2.24) is 4.72 Å². The first-order valence-corrected chi connectivity index (χ1v) is 7.76. The third-order valence-corrected chi connectivity index (χ3v) is 5.15. The first kappa shape index (κ1) is 14.4. The van der Waals surface area contributed by atoms with Crippen LogP contribution >= 0.6 is 0 Å². The van der Waals surface area contributed by atoms with Gasteiger partial charge in [0.25, 0.3) is 0 Å². The Morgan fingerprint density at radius 3 is 2.47 bits per heavy atom. The number of unbranched alkanes of at least 4 members (excludes halogenated alkanes) is 1. The second-order valence-corrected chi connectivity index (χ2v) is 6.59. The van der Waals surface area contributed by atoms with Gasteiger partial charge in [-0.3, -0.25) is 4.79 Å². The number of aliphatic carboxylic acids is 1. The van der Waals surface area contributed by atoms with E-state index in [1.807, 2.05) is 6.92 Å². The molecule has 6 heteroatoms. The first-order chi connectivity index (χ1) is 7.97. The number of carbonyl (C=O) groups is 1. The zero-order chi connectivity index (χ0) is 12.9. The second kappa shape index (κ2) is 6.35. The van der Waals surface area contributed by atoms with Gasteiger partial charge in [0.1, 0.15) is 6.04 Å². The van der Waals surface area contributed by atoms with E-state index in [9.17, 15) is 13.2 Å². The molecule has 0 bridgehead atoms. The molecule has 0 radical (unpaired) electrons. The summed E-state index contributed by atoms with van der Waals surface area (Å²) < 4.78 is 26.2. The van der Waals surface area contributed by atoms with Crippen LogP contribution < -0.4 is 4.72 Å². The normalized spacial score (nSPS) is 19.4. The van der Waals surface area contributed by atoms with Gasteiger partial charge in [-0.05, 0) is 19.3 Å². The zero-order valence-electron chi connectivity index (χ0n) is 10.2. The predicted octanol–water partition coefficient (Wildman–Crippen LogP) is 1.49. The molecule has 2 N–H and O–H groups in total. The Morgan fingerprint density at radius 1 is 1.41 bits per heavy atom. The van der Waals surface area contributed by atoms with Gasteiger partial charge in [-0.15, -0.1) is 0 Å². The molecular formula is C11H21NO4S. The molecular weight excluding hydrogens is 242 g/mol. The van der Waals surface area contributed by atoms with E-state index >= 15 is 0 Å². The SMILES string of the molecule is CCCC[C@H](NS(=O)(=O)C1CCCC1)C(=O)O. The van der Waals surface area contributed by atoms with Crippen molar-refractivity contribution >= 4 is 16.0 Å². The molecule has 0 spiro atoms. The zero-order valence-corrected chi connectivity index (χ0v) is 11.0. The van der Waals surface area contributed by atoms with E-state index in [0.29, 0.717) is 25.7 Å². The summed E-state index contributed by atoms with van der Waals surface area (Å²) >= 11 is 0. The van der Waals surface area contributed by atoms with Gasteiger partial charge in [-0.1, -0.05) is 32.6 Å². The van der Waals surface area contributed by atoms with Crippen LogP contribution in [-0.2, 0) is 14.8 Å². The average Bonchev–Trinajstić information content (AvgIpc) is 2.77. The van der Waals surface area contributed by atoms with E-state index < -0.39 is 27.3 Å². The molecule has 1 fully saturated rings. The highest BCUT2D eigenvalue weighted by atomic mass is 32.2. The molecule has 1 aliphatic carbocycles. The fourth-order valence-electron chi connectivity index (χ4n) is 2.13. The lowest BCUT2D eigenvalue weighted by atomic mass is 10.1. The summed E-state index contributed by atoms with van der Waals surface area (Å²) in [6.07, 6.45) is 5.05. The van der Waals surface area contributed by atoms with Crippen LogP contribution in [0, 0.1) is 0 Å². The molecule has 0 saturated heterocycles. The number of hydrogen-bond acceptors (Lipinski definition) is 3. The van der Waals surface area contributed by atoms with Crippen LogP contribution in [0.2, 0.25) is 0 Å². The van der Waals surface area contributed by atoms with Crippen molar-refractivity contribution in [3.05, 3.63) is 0 Å². The summed E-state index contributed by atoms with van der Waals surface area (Å²) in [5.74, 6) is -1.08. The van der Waals surface area contributed by atoms with Crippen molar-refractivity contribution in [1.29, 1.82) is 0 Å². The van der Waals surface area contributed by atoms with Crippen LogP contribution in [0.5, 0.6) is 0 Å². The van der Waals surface area contributed by atoms with Gasteiger partial charge in [0.15, 0.2) is 0 Å². The fraction of sp³-hybridized carbons (Fsp3) is 0.909. The third kappa shape index (κ3) is 4.27. The number of hydrogen-bond donors (Lipinski definition) is 2. The van der Waals surface area contributed by atoms with Gasteiger partial charge < -0.3 is 5.11 Å². The van der Waals surface area contributed by atoms with Crippen molar-refractivity contribution in [2.24, 2.45) is 0 Å². The molecule has 100 valence electrons. The first-order valence-electron chi connectivity index (χ1n) is 6.21. The minimum atomic E-state index is -3.47. The molecule has 1 aliphatic rings. The van der Waals surface area contributed by atoms with E-state index in [2.05, 4.69) is 4.72 Å². The summed E-state index contributed by atoms with van der Waals surface area (Å²) in [6, 6.07) is -0.972. The molecule has 1 saturated carbocycles. The summed E-state index contributed by atoms with van der Waals surface area (Å²) in [7, 11) is -3.47. The smallest absolute Gasteiger partial charge is 0.321 e. The van der Waals surface area contributed by atoms with Gasteiger partial charge in [0.2, 0.25) is 10.0 Å². The topological polar surface area (TPSA) is 83.5 Å². The van der Waals surface area contributed by atoms with Gasteiger partial charge in [0, 0.05) is 0 Å². The van der Waals surface area contributed by atoms with Crippen LogP contribution in [0.4, 0.5) is 0 Å². The van der Waals surface area contributed by atoms with Crippen molar-refractivity contribution in [3.8, 4) is 0 Å². The van der Waals surface area contributed by atoms with E-state index in [1.54, 1.807) is 0 Å². The van der Waals surface area contributed by atoms with E-state index in [0.717, 1.165) is 19.3 Å². The Kier molecular flexibility index (Phi) is 5.39. The van der Waals surface area contributed by atoms with Crippen LogP contribution in [-0.4, -0.2) is 30.8 Å². The Bertz CT molecular complexity index is 346. The van der Waals surface area contributed by atoms with Crippen LogP contribution in [0.25, 0.3) is 0 Å². The number of nitrogens with one attached hydrogen (secondary N) is 1. The Balaban J connectivity index is 2.61. The lowest BCUT2D eigenvalue weighted by Gasteiger charge is -2.17. The monoisotopic (exact) mass is 263 g/mol. The van der Waals surface area contributed by atoms with E-state index in [-0.39, 0.29) is 0 Å².